The fourth-order valence-corrected chi connectivity index (χ4v) is 3.27. The first-order valence-electron chi connectivity index (χ1n) is 6.93. The van der Waals surface area contributed by atoms with E-state index >= 15 is 0 Å². The zero-order valence-electron chi connectivity index (χ0n) is 12.2. The highest BCUT2D eigenvalue weighted by Crippen LogP contribution is 2.11. The highest BCUT2D eigenvalue weighted by atomic mass is 32.2. The summed E-state index contributed by atoms with van der Waals surface area (Å²) >= 11 is 0. The fraction of sp³-hybridized carbons (Fsp3) is 0.500. The Labute approximate surface area is 125 Å². The second-order valence-corrected chi connectivity index (χ2v) is 7.30. The summed E-state index contributed by atoms with van der Waals surface area (Å²) in [7, 11) is -3.18. The Morgan fingerprint density at radius 3 is 2.43 bits per heavy atom. The molecule has 1 aliphatic heterocycles. The smallest absolute Gasteiger partial charge is 0.227 e. The zero-order valence-corrected chi connectivity index (χ0v) is 13.0. The van der Waals surface area contributed by atoms with E-state index in [1.54, 1.807) is 17.0 Å². The largest absolute Gasteiger partial charge is 0.399 e. The Hall–Kier alpha value is -1.60. The topological polar surface area (TPSA) is 83.7 Å². The second kappa shape index (κ2) is 6.44. The van der Waals surface area contributed by atoms with Gasteiger partial charge >= 0.3 is 0 Å². The second-order valence-electron chi connectivity index (χ2n) is 5.31. The highest BCUT2D eigenvalue weighted by Gasteiger charge is 2.23. The number of sulfonamides is 1. The van der Waals surface area contributed by atoms with E-state index in [2.05, 4.69) is 0 Å². The van der Waals surface area contributed by atoms with Crippen molar-refractivity contribution in [3.63, 3.8) is 0 Å². The molecule has 1 aromatic rings. The lowest BCUT2D eigenvalue weighted by Gasteiger charge is -2.21. The lowest BCUT2D eigenvalue weighted by Crippen LogP contribution is -2.37. The van der Waals surface area contributed by atoms with E-state index in [0.29, 0.717) is 44.7 Å². The van der Waals surface area contributed by atoms with Crippen molar-refractivity contribution >= 4 is 21.6 Å². The van der Waals surface area contributed by atoms with Crippen LogP contribution >= 0.6 is 0 Å². The van der Waals surface area contributed by atoms with Gasteiger partial charge in [-0.1, -0.05) is 12.1 Å². The summed E-state index contributed by atoms with van der Waals surface area (Å²) in [6.45, 7) is 1.89. The van der Waals surface area contributed by atoms with Crippen LogP contribution in [0.4, 0.5) is 5.69 Å². The quantitative estimate of drug-likeness (QED) is 0.814. The summed E-state index contributed by atoms with van der Waals surface area (Å²) in [4.78, 5) is 14.0. The number of carbonyl (C=O) groups is 1. The molecular weight excluding hydrogens is 290 g/mol. The molecule has 116 valence electrons. The first-order valence-corrected chi connectivity index (χ1v) is 8.78. The van der Waals surface area contributed by atoms with Gasteiger partial charge in [-0.2, -0.15) is 0 Å². The van der Waals surface area contributed by atoms with Gasteiger partial charge in [-0.25, -0.2) is 12.7 Å². The molecule has 0 unspecified atom stereocenters. The normalized spacial score (nSPS) is 17.5. The summed E-state index contributed by atoms with van der Waals surface area (Å²) in [5, 5.41) is 0. The van der Waals surface area contributed by atoms with Crippen LogP contribution in [0.3, 0.4) is 0 Å². The van der Waals surface area contributed by atoms with E-state index in [4.69, 9.17) is 5.73 Å². The maximum Gasteiger partial charge on any atom is 0.227 e. The third-order valence-corrected chi connectivity index (χ3v) is 4.91. The van der Waals surface area contributed by atoms with E-state index in [1.165, 1.54) is 10.6 Å². The first-order chi connectivity index (χ1) is 9.86. The number of nitrogen functional groups attached to an aromatic ring is 1. The van der Waals surface area contributed by atoms with Gasteiger partial charge in [0.05, 0.1) is 12.7 Å². The molecule has 1 heterocycles. The molecule has 0 aromatic heterocycles. The zero-order chi connectivity index (χ0) is 15.5. The molecule has 1 aliphatic rings. The van der Waals surface area contributed by atoms with Gasteiger partial charge in [0.1, 0.15) is 0 Å². The molecule has 0 atom stereocenters. The van der Waals surface area contributed by atoms with Gasteiger partial charge in [0, 0.05) is 31.9 Å². The van der Waals surface area contributed by atoms with Crippen molar-refractivity contribution in [3.05, 3.63) is 29.8 Å². The molecule has 1 amide bonds. The van der Waals surface area contributed by atoms with Crippen molar-refractivity contribution in [3.8, 4) is 0 Å². The van der Waals surface area contributed by atoms with E-state index < -0.39 is 10.0 Å². The summed E-state index contributed by atoms with van der Waals surface area (Å²) in [5.41, 5.74) is 7.21. The fourth-order valence-electron chi connectivity index (χ4n) is 2.40. The van der Waals surface area contributed by atoms with Crippen LogP contribution in [0.2, 0.25) is 0 Å². The standard InChI is InChI=1S/C14H21N3O3S/c1-21(19,20)17-8-2-7-16(9-10-17)14(18)11-12-3-5-13(15)6-4-12/h3-6H,2,7-11,15H2,1H3. The van der Waals surface area contributed by atoms with Gasteiger partial charge in [0.2, 0.25) is 15.9 Å². The van der Waals surface area contributed by atoms with E-state index in [0.717, 1.165) is 5.56 Å². The van der Waals surface area contributed by atoms with Crippen LogP contribution in [0.15, 0.2) is 24.3 Å². The van der Waals surface area contributed by atoms with Gasteiger partial charge in [0.15, 0.2) is 0 Å². The molecule has 2 N–H and O–H groups in total. The Kier molecular flexibility index (Phi) is 4.84. The van der Waals surface area contributed by atoms with Crippen LogP contribution in [0.5, 0.6) is 0 Å². The average molecular weight is 311 g/mol. The molecule has 21 heavy (non-hydrogen) atoms. The van der Waals surface area contributed by atoms with E-state index in [-0.39, 0.29) is 5.91 Å². The Bertz CT molecular complexity index is 598. The van der Waals surface area contributed by atoms with Gasteiger partial charge in [-0.15, -0.1) is 0 Å². The van der Waals surface area contributed by atoms with Gasteiger partial charge in [0.25, 0.3) is 0 Å². The molecule has 7 heteroatoms. The van der Waals surface area contributed by atoms with Crippen molar-refractivity contribution in [2.24, 2.45) is 0 Å². The van der Waals surface area contributed by atoms with Crippen molar-refractivity contribution in [2.75, 3.05) is 38.2 Å². The van der Waals surface area contributed by atoms with Crippen molar-refractivity contribution in [1.29, 1.82) is 0 Å². The van der Waals surface area contributed by atoms with Gasteiger partial charge < -0.3 is 10.6 Å². The van der Waals surface area contributed by atoms with Crippen LogP contribution in [-0.2, 0) is 21.2 Å². The Morgan fingerprint density at radius 1 is 1.14 bits per heavy atom. The van der Waals surface area contributed by atoms with E-state index in [9.17, 15) is 13.2 Å². The number of benzene rings is 1. The number of amides is 1. The number of hydrogen-bond acceptors (Lipinski definition) is 4. The SMILES string of the molecule is CS(=O)(=O)N1CCCN(C(=O)Cc2ccc(N)cc2)CC1. The van der Waals surface area contributed by atoms with Crippen LogP contribution < -0.4 is 5.73 Å². The number of anilines is 1. The van der Waals surface area contributed by atoms with Gasteiger partial charge in [-0.05, 0) is 24.1 Å². The lowest BCUT2D eigenvalue weighted by molar-refractivity contribution is -0.130. The highest BCUT2D eigenvalue weighted by molar-refractivity contribution is 7.88. The molecule has 0 spiro atoms. The number of nitrogens with two attached hydrogens (primary N) is 1. The maximum atomic E-state index is 12.3. The predicted molar refractivity (Wildman–Crippen MR) is 82.2 cm³/mol. The number of nitrogens with zero attached hydrogens (tertiary/aromatic N) is 2. The number of carbonyl (C=O) groups excluding carboxylic acids is 1. The molecule has 1 fully saturated rings. The third-order valence-electron chi connectivity index (χ3n) is 3.61. The molecule has 0 saturated carbocycles. The minimum absolute atomic E-state index is 0.0233. The monoisotopic (exact) mass is 311 g/mol. The van der Waals surface area contributed by atoms with Gasteiger partial charge in [-0.3, -0.25) is 4.79 Å². The van der Waals surface area contributed by atoms with Crippen LogP contribution in [0.25, 0.3) is 0 Å². The number of rotatable bonds is 3. The molecule has 2 rings (SSSR count). The summed E-state index contributed by atoms with van der Waals surface area (Å²) in [6, 6.07) is 7.23. The molecule has 1 aromatic carbocycles. The number of hydrogen-bond donors (Lipinski definition) is 1. The van der Waals surface area contributed by atoms with Crippen molar-refractivity contribution < 1.29 is 13.2 Å². The lowest BCUT2D eigenvalue weighted by atomic mass is 10.1. The van der Waals surface area contributed by atoms with E-state index in [1.807, 2.05) is 12.1 Å². The maximum absolute atomic E-state index is 12.3. The average Bonchev–Trinajstić information content (AvgIpc) is 2.67. The minimum Gasteiger partial charge on any atom is -0.399 e. The summed E-state index contributed by atoms with van der Waals surface area (Å²) in [6.07, 6.45) is 2.19. The molecule has 1 saturated heterocycles. The third kappa shape index (κ3) is 4.44. The molecule has 6 nitrogen and oxygen atoms in total. The first kappa shape index (κ1) is 15.8. The molecular formula is C14H21N3O3S. The Morgan fingerprint density at radius 2 is 1.81 bits per heavy atom. The molecule has 0 aliphatic carbocycles. The predicted octanol–water partition coefficient (Wildman–Crippen LogP) is 0.305. The minimum atomic E-state index is -3.18. The molecule has 0 radical (unpaired) electrons. The summed E-state index contributed by atoms with van der Waals surface area (Å²) in [5.74, 6) is 0.0233. The van der Waals surface area contributed by atoms with Crippen LogP contribution in [0.1, 0.15) is 12.0 Å². The van der Waals surface area contributed by atoms with Crippen molar-refractivity contribution in [1.82, 2.24) is 9.21 Å². The van der Waals surface area contributed by atoms with Crippen LogP contribution in [0, 0.1) is 0 Å². The van der Waals surface area contributed by atoms with Crippen LogP contribution in [-0.4, -0.2) is 56.0 Å². The Balaban J connectivity index is 1.95. The van der Waals surface area contributed by atoms with Crippen molar-refractivity contribution in [2.45, 2.75) is 12.8 Å². The molecule has 0 bridgehead atoms. The summed E-state index contributed by atoms with van der Waals surface area (Å²) < 4.78 is 24.5.